The summed E-state index contributed by atoms with van der Waals surface area (Å²) < 4.78 is 16.8. The first-order valence-electron chi connectivity index (χ1n) is 6.45. The summed E-state index contributed by atoms with van der Waals surface area (Å²) in [6.07, 6.45) is 4.84. The predicted octanol–water partition coefficient (Wildman–Crippen LogP) is 1.72. The maximum Gasteiger partial charge on any atom is 0.306 e. The van der Waals surface area contributed by atoms with Gasteiger partial charge in [-0.25, -0.2) is 0 Å². The summed E-state index contributed by atoms with van der Waals surface area (Å²) in [6, 6.07) is 5.75. The van der Waals surface area contributed by atoms with Crippen molar-refractivity contribution < 1.29 is 13.7 Å². The van der Waals surface area contributed by atoms with Crippen LogP contribution in [0.25, 0.3) is 0 Å². The first-order valence-corrected chi connectivity index (χ1v) is 7.94. The highest BCUT2D eigenvalue weighted by Crippen LogP contribution is 2.49. The molecule has 0 aliphatic heterocycles. The fraction of sp³-hybridized carbons (Fsp3) is 0.571. The van der Waals surface area contributed by atoms with Gasteiger partial charge in [-0.15, -0.1) is 0 Å². The number of hydrogen-bond acceptors (Lipinski definition) is 4. The third kappa shape index (κ3) is 4.42. The van der Waals surface area contributed by atoms with Gasteiger partial charge in [0.1, 0.15) is 0 Å². The van der Waals surface area contributed by atoms with Crippen LogP contribution in [-0.4, -0.2) is 33.8 Å². The smallest absolute Gasteiger partial charge is 0.306 e. The molecule has 1 atom stereocenters. The lowest BCUT2D eigenvalue weighted by atomic mass is 10.1. The highest BCUT2D eigenvalue weighted by atomic mass is 32.2. The molecule has 19 heavy (non-hydrogen) atoms. The van der Waals surface area contributed by atoms with Crippen LogP contribution >= 0.6 is 0 Å². The molecule has 0 amide bonds. The van der Waals surface area contributed by atoms with Crippen LogP contribution in [0.3, 0.4) is 0 Å². The van der Waals surface area contributed by atoms with Gasteiger partial charge in [-0.2, -0.15) is 0 Å². The van der Waals surface area contributed by atoms with Crippen LogP contribution in [0.4, 0.5) is 0 Å². The minimum absolute atomic E-state index is 0.0535. The summed E-state index contributed by atoms with van der Waals surface area (Å²) in [7, 11) is 0.506. The summed E-state index contributed by atoms with van der Waals surface area (Å²) in [5.74, 6) is 1.02. The van der Waals surface area contributed by atoms with E-state index in [0.717, 1.165) is 25.0 Å². The molecule has 1 fully saturated rings. The number of rotatable bonds is 7. The Bertz CT molecular complexity index is 457. The Morgan fingerprint density at radius 1 is 1.47 bits per heavy atom. The number of methoxy groups -OCH3 is 1. The van der Waals surface area contributed by atoms with Gasteiger partial charge in [0.2, 0.25) is 0 Å². The molecule has 1 aliphatic rings. The van der Waals surface area contributed by atoms with E-state index in [9.17, 15) is 9.00 Å². The van der Waals surface area contributed by atoms with Gasteiger partial charge >= 0.3 is 5.97 Å². The van der Waals surface area contributed by atoms with Crippen LogP contribution in [0.1, 0.15) is 25.0 Å². The van der Waals surface area contributed by atoms with E-state index in [1.807, 2.05) is 18.2 Å². The number of aromatic nitrogens is 1. The van der Waals surface area contributed by atoms with Gasteiger partial charge in [0.25, 0.3) is 0 Å². The lowest BCUT2D eigenvalue weighted by Crippen LogP contribution is -2.19. The highest BCUT2D eigenvalue weighted by Gasteiger charge is 2.45. The lowest BCUT2D eigenvalue weighted by molar-refractivity contribution is -0.141. The molecule has 2 rings (SSSR count). The molecule has 0 N–H and O–H groups in total. The molecule has 1 aromatic heterocycles. The zero-order valence-electron chi connectivity index (χ0n) is 11.1. The zero-order valence-corrected chi connectivity index (χ0v) is 11.9. The van der Waals surface area contributed by atoms with Gasteiger partial charge in [0, 0.05) is 40.6 Å². The molecule has 1 heterocycles. The van der Waals surface area contributed by atoms with Crippen molar-refractivity contribution in [2.45, 2.75) is 25.7 Å². The van der Waals surface area contributed by atoms with E-state index >= 15 is 0 Å². The van der Waals surface area contributed by atoms with Crippen molar-refractivity contribution in [3.05, 3.63) is 30.1 Å². The molecule has 1 aliphatic carbocycles. The standard InChI is InChI=1S/C14H19NO3S/c1-18-13(16)10-14(6-7-14)11-19(17)9-5-12-4-2-3-8-15-12/h2-4,8H,5-7,9-11H2,1H3. The van der Waals surface area contributed by atoms with Crippen LogP contribution in [0.2, 0.25) is 0 Å². The monoisotopic (exact) mass is 281 g/mol. The van der Waals surface area contributed by atoms with E-state index < -0.39 is 10.8 Å². The number of nitrogens with zero attached hydrogens (tertiary/aromatic N) is 1. The quantitative estimate of drug-likeness (QED) is 0.714. The van der Waals surface area contributed by atoms with Crippen LogP contribution in [-0.2, 0) is 26.8 Å². The average Bonchev–Trinajstić information content (AvgIpc) is 3.16. The van der Waals surface area contributed by atoms with E-state index in [2.05, 4.69) is 9.72 Å². The van der Waals surface area contributed by atoms with Gasteiger partial charge in [-0.05, 0) is 30.4 Å². The van der Waals surface area contributed by atoms with E-state index in [-0.39, 0.29) is 11.4 Å². The molecule has 0 spiro atoms. The Hall–Kier alpha value is -1.23. The summed E-state index contributed by atoms with van der Waals surface area (Å²) >= 11 is 0. The molecular formula is C14H19NO3S. The maximum atomic E-state index is 12.1. The van der Waals surface area contributed by atoms with E-state index in [0.29, 0.717) is 17.9 Å². The minimum Gasteiger partial charge on any atom is -0.469 e. The molecule has 0 saturated heterocycles. The molecule has 1 aromatic rings. The number of aryl methyl sites for hydroxylation is 1. The molecule has 4 nitrogen and oxygen atoms in total. The largest absolute Gasteiger partial charge is 0.469 e. The van der Waals surface area contributed by atoms with Crippen molar-refractivity contribution in [2.75, 3.05) is 18.6 Å². The normalized spacial score (nSPS) is 17.7. The number of carbonyl (C=O) groups excluding carboxylic acids is 1. The summed E-state index contributed by atoms with van der Waals surface area (Å²) in [5.41, 5.74) is 0.913. The molecule has 0 bridgehead atoms. The van der Waals surface area contributed by atoms with Crippen LogP contribution in [0.15, 0.2) is 24.4 Å². The number of esters is 1. The molecular weight excluding hydrogens is 262 g/mol. The van der Waals surface area contributed by atoms with Crippen molar-refractivity contribution >= 4 is 16.8 Å². The second-order valence-electron chi connectivity index (χ2n) is 5.11. The van der Waals surface area contributed by atoms with Gasteiger partial charge in [0.15, 0.2) is 0 Å². The Balaban J connectivity index is 1.77. The second-order valence-corrected chi connectivity index (χ2v) is 6.69. The average molecular weight is 281 g/mol. The fourth-order valence-electron chi connectivity index (χ4n) is 2.11. The molecule has 104 valence electrons. The lowest BCUT2D eigenvalue weighted by Gasteiger charge is -2.12. The van der Waals surface area contributed by atoms with Gasteiger partial charge in [-0.3, -0.25) is 14.0 Å². The van der Waals surface area contributed by atoms with Crippen molar-refractivity contribution in [3.63, 3.8) is 0 Å². The van der Waals surface area contributed by atoms with Crippen molar-refractivity contribution in [2.24, 2.45) is 5.41 Å². The Morgan fingerprint density at radius 2 is 2.26 bits per heavy atom. The Kier molecular flexibility index (Phi) is 4.69. The molecule has 5 heteroatoms. The molecule has 1 saturated carbocycles. The minimum atomic E-state index is -0.894. The second kappa shape index (κ2) is 6.28. The third-order valence-electron chi connectivity index (χ3n) is 3.48. The Labute approximate surface area is 116 Å². The van der Waals surface area contributed by atoms with Crippen LogP contribution < -0.4 is 0 Å². The topological polar surface area (TPSA) is 56.3 Å². The molecule has 1 unspecified atom stereocenters. The summed E-state index contributed by atoms with van der Waals surface area (Å²) in [5, 5.41) is 0. The van der Waals surface area contributed by atoms with Gasteiger partial charge in [0.05, 0.1) is 13.5 Å². The predicted molar refractivity (Wildman–Crippen MR) is 74.1 cm³/mol. The van der Waals surface area contributed by atoms with Crippen LogP contribution in [0, 0.1) is 5.41 Å². The highest BCUT2D eigenvalue weighted by molar-refractivity contribution is 7.85. The Morgan fingerprint density at radius 3 is 2.84 bits per heavy atom. The fourth-order valence-corrected chi connectivity index (χ4v) is 3.76. The van der Waals surface area contributed by atoms with Gasteiger partial charge < -0.3 is 4.74 Å². The number of carbonyl (C=O) groups is 1. The third-order valence-corrected chi connectivity index (χ3v) is 5.08. The van der Waals surface area contributed by atoms with Crippen LogP contribution in [0.5, 0.6) is 0 Å². The first-order chi connectivity index (χ1) is 9.13. The zero-order chi connectivity index (χ0) is 13.7. The van der Waals surface area contributed by atoms with Gasteiger partial charge in [-0.1, -0.05) is 6.07 Å². The number of hydrogen-bond donors (Lipinski definition) is 0. The number of ether oxygens (including phenoxy) is 1. The summed E-state index contributed by atoms with van der Waals surface area (Å²) in [4.78, 5) is 15.5. The van der Waals surface area contributed by atoms with E-state index in [4.69, 9.17) is 0 Å². The SMILES string of the molecule is COC(=O)CC1(CS(=O)CCc2ccccn2)CC1. The van der Waals surface area contributed by atoms with Crippen molar-refractivity contribution in [1.29, 1.82) is 0 Å². The maximum absolute atomic E-state index is 12.1. The summed E-state index contributed by atoms with van der Waals surface area (Å²) in [6.45, 7) is 0. The van der Waals surface area contributed by atoms with Crippen molar-refractivity contribution in [1.82, 2.24) is 4.98 Å². The number of pyridine rings is 1. The van der Waals surface area contributed by atoms with E-state index in [1.165, 1.54) is 7.11 Å². The molecule has 0 aromatic carbocycles. The molecule has 0 radical (unpaired) electrons. The first kappa shape index (κ1) is 14.2. The van der Waals surface area contributed by atoms with E-state index in [1.54, 1.807) is 6.20 Å². The van der Waals surface area contributed by atoms with Crippen molar-refractivity contribution in [3.8, 4) is 0 Å².